The van der Waals surface area contributed by atoms with Crippen LogP contribution in [-0.2, 0) is 6.54 Å². The van der Waals surface area contributed by atoms with Crippen molar-refractivity contribution in [2.75, 3.05) is 13.1 Å². The first-order valence-electron chi connectivity index (χ1n) is 7.79. The average molecular weight is 260 g/mol. The molecule has 1 aromatic carbocycles. The van der Waals surface area contributed by atoms with Gasteiger partial charge in [0.05, 0.1) is 0 Å². The number of hydrogen-bond donors (Lipinski definition) is 2. The lowest BCUT2D eigenvalue weighted by molar-refractivity contribution is 0.466. The zero-order valence-corrected chi connectivity index (χ0v) is 12.4. The van der Waals surface area contributed by atoms with E-state index < -0.39 is 0 Å². The van der Waals surface area contributed by atoms with Crippen LogP contribution >= 0.6 is 0 Å². The van der Waals surface area contributed by atoms with Crippen LogP contribution in [0.5, 0.6) is 0 Å². The van der Waals surface area contributed by atoms with E-state index in [1.165, 1.54) is 36.8 Å². The van der Waals surface area contributed by atoms with Gasteiger partial charge in [-0.1, -0.05) is 51.0 Å². The highest BCUT2D eigenvalue weighted by Crippen LogP contribution is 2.23. The Hall–Kier alpha value is -0.860. The van der Waals surface area contributed by atoms with E-state index in [0.717, 1.165) is 25.6 Å². The fourth-order valence-electron chi connectivity index (χ4n) is 2.83. The van der Waals surface area contributed by atoms with Crippen LogP contribution in [-0.4, -0.2) is 13.1 Å². The quantitative estimate of drug-likeness (QED) is 0.763. The van der Waals surface area contributed by atoms with E-state index in [-0.39, 0.29) is 0 Å². The van der Waals surface area contributed by atoms with Gasteiger partial charge in [0.1, 0.15) is 0 Å². The summed E-state index contributed by atoms with van der Waals surface area (Å²) in [5.41, 5.74) is 2.95. The maximum Gasteiger partial charge on any atom is 0.0335 e. The van der Waals surface area contributed by atoms with Gasteiger partial charge in [-0.15, -0.1) is 0 Å². The molecule has 0 radical (unpaired) electrons. The Morgan fingerprint density at radius 1 is 1.26 bits per heavy atom. The second-order valence-corrected chi connectivity index (χ2v) is 6.06. The third kappa shape index (κ3) is 4.63. The first-order chi connectivity index (χ1) is 9.27. The zero-order valence-electron chi connectivity index (χ0n) is 12.4. The van der Waals surface area contributed by atoms with Crippen LogP contribution in [0.3, 0.4) is 0 Å². The van der Waals surface area contributed by atoms with Gasteiger partial charge < -0.3 is 10.6 Å². The van der Waals surface area contributed by atoms with Crippen molar-refractivity contribution in [3.05, 3.63) is 35.4 Å². The van der Waals surface area contributed by atoms with Crippen LogP contribution in [0.15, 0.2) is 24.3 Å². The fraction of sp³-hybridized carbons (Fsp3) is 0.647. The smallest absolute Gasteiger partial charge is 0.0335 e. The minimum atomic E-state index is 0.533. The lowest BCUT2D eigenvalue weighted by Crippen LogP contribution is -2.24. The molecule has 2 rings (SSSR count). The van der Waals surface area contributed by atoms with E-state index in [1.807, 2.05) is 0 Å². The Bertz CT molecular complexity index is 373. The molecule has 2 N–H and O–H groups in total. The molecule has 0 aromatic heterocycles. The summed E-state index contributed by atoms with van der Waals surface area (Å²) in [5.74, 6) is 0.836. The van der Waals surface area contributed by atoms with Gasteiger partial charge in [-0.05, 0) is 43.0 Å². The summed E-state index contributed by atoms with van der Waals surface area (Å²) >= 11 is 0. The van der Waals surface area contributed by atoms with Crippen molar-refractivity contribution in [1.82, 2.24) is 10.6 Å². The van der Waals surface area contributed by atoms with Crippen molar-refractivity contribution in [1.29, 1.82) is 0 Å². The molecule has 0 aliphatic carbocycles. The van der Waals surface area contributed by atoms with Crippen molar-refractivity contribution >= 4 is 0 Å². The zero-order chi connectivity index (χ0) is 13.5. The molecular weight excluding hydrogens is 232 g/mol. The topological polar surface area (TPSA) is 24.1 Å². The molecule has 0 spiro atoms. The number of hydrogen-bond acceptors (Lipinski definition) is 2. The largest absolute Gasteiger partial charge is 0.313 e. The normalized spacial score (nSPS) is 19.2. The van der Waals surface area contributed by atoms with E-state index in [9.17, 15) is 0 Å². The molecule has 2 heteroatoms. The van der Waals surface area contributed by atoms with Gasteiger partial charge in [0.25, 0.3) is 0 Å². The van der Waals surface area contributed by atoms with Crippen LogP contribution in [0, 0.1) is 5.92 Å². The molecule has 1 unspecified atom stereocenters. The summed E-state index contributed by atoms with van der Waals surface area (Å²) in [4.78, 5) is 0. The van der Waals surface area contributed by atoms with E-state index in [0.29, 0.717) is 6.04 Å². The van der Waals surface area contributed by atoms with E-state index in [4.69, 9.17) is 0 Å². The van der Waals surface area contributed by atoms with Gasteiger partial charge in [-0.3, -0.25) is 0 Å². The summed E-state index contributed by atoms with van der Waals surface area (Å²) in [6, 6.07) is 9.38. The molecule has 19 heavy (non-hydrogen) atoms. The summed E-state index contributed by atoms with van der Waals surface area (Å²) in [6.45, 7) is 7.88. The molecule has 1 aliphatic rings. The first kappa shape index (κ1) is 14.5. The molecule has 1 aromatic rings. The lowest BCUT2D eigenvalue weighted by atomic mass is 9.99. The van der Waals surface area contributed by atoms with Gasteiger partial charge in [0.2, 0.25) is 0 Å². The third-order valence-corrected chi connectivity index (χ3v) is 3.95. The highest BCUT2D eigenvalue weighted by atomic mass is 14.9. The molecule has 0 saturated heterocycles. The molecule has 0 bridgehead atoms. The second kappa shape index (κ2) is 7.66. The summed E-state index contributed by atoms with van der Waals surface area (Å²) in [7, 11) is 0. The molecule has 1 heterocycles. The van der Waals surface area contributed by atoms with Gasteiger partial charge in [0, 0.05) is 12.6 Å². The maximum absolute atomic E-state index is 3.75. The Balaban J connectivity index is 1.83. The Labute approximate surface area is 118 Å². The highest BCUT2D eigenvalue weighted by Gasteiger charge is 2.16. The third-order valence-electron chi connectivity index (χ3n) is 3.95. The van der Waals surface area contributed by atoms with Crippen molar-refractivity contribution < 1.29 is 0 Å². The molecule has 2 nitrogen and oxygen atoms in total. The number of unbranched alkanes of at least 4 members (excludes halogenated alkanes) is 1. The van der Waals surface area contributed by atoms with Gasteiger partial charge in [-0.2, -0.15) is 0 Å². The lowest BCUT2D eigenvalue weighted by Gasteiger charge is -2.19. The first-order valence-corrected chi connectivity index (χ1v) is 7.79. The molecule has 1 aliphatic heterocycles. The maximum atomic E-state index is 3.75. The van der Waals surface area contributed by atoms with Crippen LogP contribution in [0.1, 0.15) is 56.7 Å². The summed E-state index contributed by atoms with van der Waals surface area (Å²) in [6.07, 6.45) is 5.19. The number of nitrogens with one attached hydrogen (secondary N) is 2. The Kier molecular flexibility index (Phi) is 5.87. The van der Waals surface area contributed by atoms with Gasteiger partial charge in [0.15, 0.2) is 0 Å². The monoisotopic (exact) mass is 260 g/mol. The molecule has 106 valence electrons. The van der Waals surface area contributed by atoms with Crippen LogP contribution in [0.4, 0.5) is 0 Å². The highest BCUT2D eigenvalue weighted by molar-refractivity contribution is 5.30. The Morgan fingerprint density at radius 2 is 2.11 bits per heavy atom. The molecule has 0 saturated carbocycles. The van der Waals surface area contributed by atoms with Crippen molar-refractivity contribution in [3.8, 4) is 0 Å². The molecule has 0 amide bonds. The molecule has 0 fully saturated rings. The number of benzene rings is 1. The summed E-state index contributed by atoms with van der Waals surface area (Å²) in [5, 5.41) is 7.26. The fourth-order valence-corrected chi connectivity index (χ4v) is 2.83. The predicted octanol–water partition coefficient (Wildman–Crippen LogP) is 3.64. The second-order valence-electron chi connectivity index (χ2n) is 6.06. The number of rotatable bonds is 6. The Morgan fingerprint density at radius 3 is 2.95 bits per heavy atom. The average Bonchev–Trinajstić information content (AvgIpc) is 2.61. The minimum absolute atomic E-state index is 0.533. The van der Waals surface area contributed by atoms with Crippen molar-refractivity contribution in [3.63, 3.8) is 0 Å². The minimum Gasteiger partial charge on any atom is -0.313 e. The standard InChI is InChI=1S/C17H28N2/c1-14(2)7-5-6-11-19-17-10-12-18-13-15-8-3-4-9-16(15)17/h3-4,8-9,14,17-19H,5-7,10-13H2,1-2H3. The van der Waals surface area contributed by atoms with E-state index >= 15 is 0 Å². The van der Waals surface area contributed by atoms with Crippen LogP contribution in [0.25, 0.3) is 0 Å². The summed E-state index contributed by atoms with van der Waals surface area (Å²) < 4.78 is 0. The van der Waals surface area contributed by atoms with E-state index in [2.05, 4.69) is 48.7 Å². The van der Waals surface area contributed by atoms with Gasteiger partial charge in [-0.25, -0.2) is 0 Å². The van der Waals surface area contributed by atoms with Crippen LogP contribution in [0.2, 0.25) is 0 Å². The SMILES string of the molecule is CC(C)CCCCNC1CCNCc2ccccc21. The van der Waals surface area contributed by atoms with Crippen LogP contribution < -0.4 is 10.6 Å². The predicted molar refractivity (Wildman–Crippen MR) is 82.2 cm³/mol. The van der Waals surface area contributed by atoms with Crippen molar-refractivity contribution in [2.45, 2.75) is 52.1 Å². The number of fused-ring (bicyclic) bond motifs is 1. The van der Waals surface area contributed by atoms with Crippen molar-refractivity contribution in [2.24, 2.45) is 5.92 Å². The van der Waals surface area contributed by atoms with Gasteiger partial charge >= 0.3 is 0 Å². The van der Waals surface area contributed by atoms with E-state index in [1.54, 1.807) is 0 Å². The molecule has 1 atom stereocenters. The molecular formula is C17H28N2.